The molecule has 2 heterocycles. The molecule has 0 aliphatic heterocycles. The first-order chi connectivity index (χ1) is 16.5. The Bertz CT molecular complexity index is 1950. The monoisotopic (exact) mass is 386 g/mol. The van der Waals surface area contributed by atoms with Crippen LogP contribution in [0.3, 0.4) is 0 Å². The standard InChI is InChI=1S/C28H18N2/c1-2-9-19(10-3-1)30-26-15-14-18-8-4-5-11-20(18)28(26)23-16-22-21-12-6-7-13-24(21)29-25(22)17-27(23)30/h1-17,29H/i6D,7D,12D,13D. The molecule has 7 aromatic rings. The van der Waals surface area contributed by atoms with E-state index in [0.717, 1.165) is 49.2 Å². The zero-order valence-electron chi connectivity index (χ0n) is 20.0. The topological polar surface area (TPSA) is 20.7 Å². The lowest BCUT2D eigenvalue weighted by Gasteiger charge is -2.08. The summed E-state index contributed by atoms with van der Waals surface area (Å²) >= 11 is 0. The SMILES string of the molecule is [2H]c1c([2H])c([2H])c2c([nH]c3cc4c(cc32)c2c3ccccc3ccc2n4-c2ccccc2)c1[2H]. The van der Waals surface area contributed by atoms with Gasteiger partial charge in [0.1, 0.15) is 0 Å². The van der Waals surface area contributed by atoms with E-state index in [9.17, 15) is 0 Å². The van der Waals surface area contributed by atoms with E-state index in [1.54, 1.807) is 0 Å². The summed E-state index contributed by atoms with van der Waals surface area (Å²) < 4.78 is 35.5. The summed E-state index contributed by atoms with van der Waals surface area (Å²) in [5.41, 5.74) is 4.40. The molecule has 0 fully saturated rings. The first-order valence-corrected chi connectivity index (χ1v) is 9.97. The van der Waals surface area contributed by atoms with E-state index < -0.39 is 0 Å². The first-order valence-electron chi connectivity index (χ1n) is 12.0. The van der Waals surface area contributed by atoms with Gasteiger partial charge in [0.25, 0.3) is 0 Å². The minimum absolute atomic E-state index is 0.0155. The van der Waals surface area contributed by atoms with Crippen molar-refractivity contribution in [3.8, 4) is 5.69 Å². The smallest absolute Gasteiger partial charge is 0.0645 e. The van der Waals surface area contributed by atoms with Crippen LogP contribution in [0.5, 0.6) is 0 Å². The third kappa shape index (κ3) is 2.03. The van der Waals surface area contributed by atoms with Gasteiger partial charge in [-0.15, -0.1) is 0 Å². The summed E-state index contributed by atoms with van der Waals surface area (Å²) in [5.74, 6) is 0. The van der Waals surface area contributed by atoms with Gasteiger partial charge in [-0.2, -0.15) is 0 Å². The van der Waals surface area contributed by atoms with Gasteiger partial charge in [0.2, 0.25) is 0 Å². The number of H-pyrrole nitrogens is 1. The Morgan fingerprint density at radius 2 is 1.47 bits per heavy atom. The molecule has 2 heteroatoms. The highest BCUT2D eigenvalue weighted by Crippen LogP contribution is 2.39. The van der Waals surface area contributed by atoms with Crippen molar-refractivity contribution >= 4 is 54.4 Å². The van der Waals surface area contributed by atoms with Crippen molar-refractivity contribution in [3.05, 3.63) is 103 Å². The number of fused-ring (bicyclic) bond motifs is 8. The maximum Gasteiger partial charge on any atom is 0.0645 e. The van der Waals surface area contributed by atoms with Crippen LogP contribution in [-0.4, -0.2) is 9.55 Å². The van der Waals surface area contributed by atoms with Crippen molar-refractivity contribution in [2.75, 3.05) is 0 Å². The van der Waals surface area contributed by atoms with E-state index in [2.05, 4.69) is 58.1 Å². The van der Waals surface area contributed by atoms with Crippen molar-refractivity contribution in [1.82, 2.24) is 9.55 Å². The van der Waals surface area contributed by atoms with Crippen molar-refractivity contribution in [3.63, 3.8) is 0 Å². The van der Waals surface area contributed by atoms with E-state index in [1.807, 2.05) is 30.3 Å². The highest BCUT2D eigenvalue weighted by atomic mass is 15.0. The van der Waals surface area contributed by atoms with Crippen LogP contribution in [0.15, 0.2) is 103 Å². The minimum atomic E-state index is -0.223. The van der Waals surface area contributed by atoms with Crippen LogP contribution in [0.4, 0.5) is 0 Å². The van der Waals surface area contributed by atoms with Crippen LogP contribution in [0, 0.1) is 0 Å². The predicted molar refractivity (Wildman–Crippen MR) is 128 cm³/mol. The molecular formula is C28H18N2. The molecule has 0 bridgehead atoms. The predicted octanol–water partition coefficient (Wildman–Crippen LogP) is 7.57. The summed E-state index contributed by atoms with van der Waals surface area (Å²) in [5, 5.41) is 5.83. The summed E-state index contributed by atoms with van der Waals surface area (Å²) in [6.07, 6.45) is 0. The second-order valence-electron chi connectivity index (χ2n) is 7.64. The average molecular weight is 386 g/mol. The molecular weight excluding hydrogens is 364 g/mol. The summed E-state index contributed by atoms with van der Waals surface area (Å²) in [4.78, 5) is 3.28. The fourth-order valence-electron chi connectivity index (χ4n) is 4.74. The number of para-hydroxylation sites is 2. The van der Waals surface area contributed by atoms with Gasteiger partial charge in [-0.05, 0) is 47.1 Å². The van der Waals surface area contributed by atoms with E-state index >= 15 is 0 Å². The highest BCUT2D eigenvalue weighted by molar-refractivity contribution is 6.24. The maximum atomic E-state index is 8.55. The number of benzene rings is 5. The molecule has 0 unspecified atom stereocenters. The van der Waals surface area contributed by atoms with Gasteiger partial charge < -0.3 is 9.55 Å². The molecule has 0 atom stereocenters. The Morgan fingerprint density at radius 3 is 2.40 bits per heavy atom. The molecule has 2 aromatic heterocycles. The lowest BCUT2D eigenvalue weighted by atomic mass is 10.0. The molecule has 0 aliphatic carbocycles. The Hall–Kier alpha value is -4.04. The normalized spacial score (nSPS) is 13.9. The molecule has 7 rings (SSSR count). The number of rotatable bonds is 1. The van der Waals surface area contributed by atoms with E-state index in [4.69, 9.17) is 5.48 Å². The van der Waals surface area contributed by atoms with Gasteiger partial charge in [0.05, 0.1) is 16.5 Å². The Balaban J connectivity index is 1.76. The molecule has 0 saturated carbocycles. The first kappa shape index (κ1) is 12.5. The number of nitrogens with zero attached hydrogens (tertiary/aromatic N) is 1. The molecule has 0 amide bonds. The second kappa shape index (κ2) is 5.74. The quantitative estimate of drug-likeness (QED) is 0.300. The zero-order chi connectivity index (χ0) is 23.1. The van der Waals surface area contributed by atoms with Crippen molar-refractivity contribution in [1.29, 1.82) is 0 Å². The molecule has 0 aliphatic rings. The summed E-state index contributed by atoms with van der Waals surface area (Å²) in [6, 6.07) is 26.5. The fraction of sp³-hybridized carbons (Fsp3) is 0. The molecule has 0 saturated heterocycles. The summed E-state index contributed by atoms with van der Waals surface area (Å²) in [7, 11) is 0. The van der Waals surface area contributed by atoms with Gasteiger partial charge in [-0.3, -0.25) is 0 Å². The van der Waals surface area contributed by atoms with E-state index in [1.165, 1.54) is 0 Å². The van der Waals surface area contributed by atoms with Crippen molar-refractivity contribution in [2.45, 2.75) is 0 Å². The van der Waals surface area contributed by atoms with Crippen LogP contribution in [-0.2, 0) is 0 Å². The van der Waals surface area contributed by atoms with Crippen LogP contribution >= 0.6 is 0 Å². The van der Waals surface area contributed by atoms with Crippen LogP contribution in [0.25, 0.3) is 60.1 Å². The number of aromatic nitrogens is 2. The third-order valence-electron chi connectivity index (χ3n) is 6.02. The number of aromatic amines is 1. The van der Waals surface area contributed by atoms with Crippen LogP contribution in [0.2, 0.25) is 0 Å². The number of hydrogen-bond donors (Lipinski definition) is 1. The molecule has 0 spiro atoms. The molecule has 5 aromatic carbocycles. The van der Waals surface area contributed by atoms with Gasteiger partial charge >= 0.3 is 0 Å². The van der Waals surface area contributed by atoms with Crippen LogP contribution in [0.1, 0.15) is 5.48 Å². The molecule has 140 valence electrons. The molecule has 1 N–H and O–H groups in total. The zero-order valence-corrected chi connectivity index (χ0v) is 16.0. The summed E-state index contributed by atoms with van der Waals surface area (Å²) in [6.45, 7) is 0. The average Bonchev–Trinajstić information content (AvgIpc) is 3.40. The number of hydrogen-bond acceptors (Lipinski definition) is 0. The molecule has 30 heavy (non-hydrogen) atoms. The number of nitrogens with one attached hydrogen (secondary N) is 1. The van der Waals surface area contributed by atoms with E-state index in [0.29, 0.717) is 10.9 Å². The molecule has 2 nitrogen and oxygen atoms in total. The second-order valence-corrected chi connectivity index (χ2v) is 7.64. The van der Waals surface area contributed by atoms with Crippen molar-refractivity contribution < 1.29 is 5.48 Å². The lowest BCUT2D eigenvalue weighted by Crippen LogP contribution is -1.93. The lowest BCUT2D eigenvalue weighted by molar-refractivity contribution is 1.18. The van der Waals surface area contributed by atoms with E-state index in [-0.39, 0.29) is 24.2 Å². The Labute approximate surface area is 178 Å². The van der Waals surface area contributed by atoms with Gasteiger partial charge in [-0.25, -0.2) is 0 Å². The highest BCUT2D eigenvalue weighted by Gasteiger charge is 2.16. The van der Waals surface area contributed by atoms with Gasteiger partial charge in [-0.1, -0.05) is 66.7 Å². The van der Waals surface area contributed by atoms with Gasteiger partial charge in [0.15, 0.2) is 0 Å². The largest absolute Gasteiger partial charge is 0.354 e. The third-order valence-corrected chi connectivity index (χ3v) is 6.02. The minimum Gasteiger partial charge on any atom is -0.354 e. The Kier molecular flexibility index (Phi) is 2.39. The van der Waals surface area contributed by atoms with Crippen LogP contribution < -0.4 is 0 Å². The van der Waals surface area contributed by atoms with Crippen molar-refractivity contribution in [2.24, 2.45) is 0 Å². The fourth-order valence-corrected chi connectivity index (χ4v) is 4.74. The Morgan fingerprint density at radius 1 is 0.633 bits per heavy atom. The maximum absolute atomic E-state index is 8.55. The molecule has 0 radical (unpaired) electrons. The van der Waals surface area contributed by atoms with Gasteiger partial charge in [0, 0.05) is 38.3 Å².